The van der Waals surface area contributed by atoms with Crippen molar-refractivity contribution in [3.05, 3.63) is 41.0 Å². The molecule has 1 aromatic heterocycles. The van der Waals surface area contributed by atoms with E-state index in [1.54, 1.807) is 0 Å². The molecule has 166 valence electrons. The lowest BCUT2D eigenvalue weighted by Crippen LogP contribution is -2.56. The summed E-state index contributed by atoms with van der Waals surface area (Å²) in [6.45, 7) is 6.84. The SMILES string of the molecule is CC(C)CCC1(C2CCN(Cc3cn[nH]c3-c3ccc(Cl)cc3)CC2)NC(=O)NC1=O. The monoisotopic (exact) mass is 443 g/mol. The van der Waals surface area contributed by atoms with Crippen molar-refractivity contribution in [2.75, 3.05) is 13.1 Å². The van der Waals surface area contributed by atoms with E-state index >= 15 is 0 Å². The van der Waals surface area contributed by atoms with Crippen LogP contribution in [0.4, 0.5) is 4.79 Å². The van der Waals surface area contributed by atoms with Crippen LogP contribution in [-0.4, -0.2) is 45.7 Å². The number of carbonyl (C=O) groups is 2. The second kappa shape index (κ2) is 9.01. The van der Waals surface area contributed by atoms with Crippen LogP contribution >= 0.6 is 11.6 Å². The van der Waals surface area contributed by atoms with E-state index in [1.807, 2.05) is 30.5 Å². The first-order valence-corrected chi connectivity index (χ1v) is 11.4. The third-order valence-corrected chi connectivity index (χ3v) is 6.87. The second-order valence-corrected chi connectivity index (χ2v) is 9.58. The van der Waals surface area contributed by atoms with E-state index in [9.17, 15) is 9.59 Å². The predicted molar refractivity (Wildman–Crippen MR) is 121 cm³/mol. The van der Waals surface area contributed by atoms with Crippen LogP contribution in [-0.2, 0) is 11.3 Å². The molecule has 3 amide bonds. The van der Waals surface area contributed by atoms with Crippen molar-refractivity contribution in [2.45, 2.75) is 51.6 Å². The summed E-state index contributed by atoms with van der Waals surface area (Å²) in [5, 5.41) is 13.5. The number of hydrogen-bond donors (Lipinski definition) is 3. The molecule has 4 rings (SSSR count). The van der Waals surface area contributed by atoms with Crippen molar-refractivity contribution in [3.63, 3.8) is 0 Å². The lowest BCUT2D eigenvalue weighted by atomic mass is 9.74. The van der Waals surface area contributed by atoms with E-state index in [0.717, 1.165) is 55.7 Å². The molecule has 0 saturated carbocycles. The summed E-state index contributed by atoms with van der Waals surface area (Å²) in [6.07, 6.45) is 5.23. The van der Waals surface area contributed by atoms with E-state index in [-0.39, 0.29) is 17.9 Å². The number of hydrogen-bond acceptors (Lipinski definition) is 4. The average molecular weight is 444 g/mol. The fraction of sp³-hybridized carbons (Fsp3) is 0.522. The van der Waals surface area contributed by atoms with E-state index in [1.165, 1.54) is 0 Å². The lowest BCUT2D eigenvalue weighted by Gasteiger charge is -2.41. The molecule has 3 N–H and O–H groups in total. The van der Waals surface area contributed by atoms with Gasteiger partial charge in [-0.1, -0.05) is 37.6 Å². The van der Waals surface area contributed by atoms with Crippen LogP contribution < -0.4 is 10.6 Å². The Morgan fingerprint density at radius 3 is 2.52 bits per heavy atom. The minimum Gasteiger partial charge on any atom is -0.323 e. The number of amides is 3. The third kappa shape index (κ3) is 4.62. The Bertz CT molecular complexity index is 934. The Hall–Kier alpha value is -2.38. The topological polar surface area (TPSA) is 90.1 Å². The fourth-order valence-corrected chi connectivity index (χ4v) is 4.94. The van der Waals surface area contributed by atoms with Crippen LogP contribution in [0.5, 0.6) is 0 Å². The molecule has 2 fully saturated rings. The number of carbonyl (C=O) groups excluding carboxylic acids is 2. The molecule has 2 aliphatic heterocycles. The molecule has 2 aliphatic rings. The number of aromatic nitrogens is 2. The van der Waals surface area contributed by atoms with Gasteiger partial charge < -0.3 is 5.32 Å². The molecule has 7 nitrogen and oxygen atoms in total. The number of nitrogens with one attached hydrogen (secondary N) is 3. The Labute approximate surface area is 187 Å². The fourth-order valence-electron chi connectivity index (χ4n) is 4.81. The number of H-pyrrole nitrogens is 1. The molecule has 1 atom stereocenters. The molecule has 0 spiro atoms. The number of imide groups is 1. The maximum atomic E-state index is 12.8. The maximum absolute atomic E-state index is 12.8. The normalized spacial score (nSPS) is 22.7. The van der Waals surface area contributed by atoms with E-state index in [2.05, 4.69) is 39.6 Å². The number of aromatic amines is 1. The van der Waals surface area contributed by atoms with Gasteiger partial charge in [-0.15, -0.1) is 0 Å². The summed E-state index contributed by atoms with van der Waals surface area (Å²) in [6, 6.07) is 7.38. The highest BCUT2D eigenvalue weighted by atomic mass is 35.5. The summed E-state index contributed by atoms with van der Waals surface area (Å²) >= 11 is 6.02. The van der Waals surface area contributed by atoms with Gasteiger partial charge in [0.15, 0.2) is 0 Å². The van der Waals surface area contributed by atoms with Gasteiger partial charge in [0.05, 0.1) is 11.9 Å². The molecule has 0 bridgehead atoms. The first-order chi connectivity index (χ1) is 14.9. The highest BCUT2D eigenvalue weighted by Gasteiger charge is 2.51. The molecular weight excluding hydrogens is 414 g/mol. The van der Waals surface area contributed by atoms with Gasteiger partial charge in [-0.3, -0.25) is 20.1 Å². The summed E-state index contributed by atoms with van der Waals surface area (Å²) in [4.78, 5) is 27.1. The zero-order valence-electron chi connectivity index (χ0n) is 18.1. The van der Waals surface area contributed by atoms with Gasteiger partial charge in [0.25, 0.3) is 5.91 Å². The lowest BCUT2D eigenvalue weighted by molar-refractivity contribution is -0.127. The largest absolute Gasteiger partial charge is 0.323 e. The van der Waals surface area contributed by atoms with Crippen molar-refractivity contribution in [1.82, 2.24) is 25.7 Å². The van der Waals surface area contributed by atoms with Gasteiger partial charge >= 0.3 is 6.03 Å². The van der Waals surface area contributed by atoms with E-state index in [0.29, 0.717) is 17.4 Å². The molecule has 0 radical (unpaired) electrons. The Balaban J connectivity index is 1.42. The van der Waals surface area contributed by atoms with Gasteiger partial charge in [0, 0.05) is 17.1 Å². The molecule has 2 aromatic rings. The molecule has 0 aliphatic carbocycles. The van der Waals surface area contributed by atoms with Gasteiger partial charge in [-0.05, 0) is 68.3 Å². The summed E-state index contributed by atoms with van der Waals surface area (Å²) in [5.41, 5.74) is 2.44. The Morgan fingerprint density at radius 1 is 1.19 bits per heavy atom. The highest BCUT2D eigenvalue weighted by Crippen LogP contribution is 2.36. The summed E-state index contributed by atoms with van der Waals surface area (Å²) in [5.74, 6) is 0.472. The summed E-state index contributed by atoms with van der Waals surface area (Å²) in [7, 11) is 0. The first-order valence-electron chi connectivity index (χ1n) is 11.0. The molecule has 1 unspecified atom stereocenters. The number of urea groups is 1. The quantitative estimate of drug-likeness (QED) is 0.565. The van der Waals surface area contributed by atoms with Crippen LogP contribution in [0.25, 0.3) is 11.3 Å². The smallest absolute Gasteiger partial charge is 0.322 e. The number of piperidine rings is 1. The second-order valence-electron chi connectivity index (χ2n) is 9.14. The summed E-state index contributed by atoms with van der Waals surface area (Å²) < 4.78 is 0. The zero-order chi connectivity index (χ0) is 22.0. The molecule has 8 heteroatoms. The van der Waals surface area contributed by atoms with E-state index < -0.39 is 5.54 Å². The van der Waals surface area contributed by atoms with Crippen molar-refractivity contribution >= 4 is 23.5 Å². The number of likely N-dealkylation sites (tertiary alicyclic amines) is 1. The standard InChI is InChI=1S/C23H30ClN5O2/c1-15(2)7-10-23(21(30)26-22(31)27-23)18-8-11-29(12-9-18)14-17-13-25-28-20(17)16-3-5-19(24)6-4-16/h3-6,13,15,18H,7-12,14H2,1-2H3,(H,25,28)(H2,26,27,30,31). The van der Waals surface area contributed by atoms with Crippen LogP contribution in [0.2, 0.25) is 5.02 Å². The Morgan fingerprint density at radius 2 is 1.90 bits per heavy atom. The van der Waals surface area contributed by atoms with Crippen LogP contribution in [0.15, 0.2) is 30.5 Å². The molecular formula is C23H30ClN5O2. The number of rotatable bonds is 7. The van der Waals surface area contributed by atoms with Crippen molar-refractivity contribution in [1.29, 1.82) is 0 Å². The third-order valence-electron chi connectivity index (χ3n) is 6.61. The first kappa shape index (κ1) is 21.8. The maximum Gasteiger partial charge on any atom is 0.322 e. The molecule has 1 aromatic carbocycles. The predicted octanol–water partition coefficient (Wildman–Crippen LogP) is 3.96. The van der Waals surface area contributed by atoms with Crippen LogP contribution in [0.3, 0.4) is 0 Å². The highest BCUT2D eigenvalue weighted by molar-refractivity contribution is 6.30. The molecule has 2 saturated heterocycles. The number of nitrogens with zero attached hydrogens (tertiary/aromatic N) is 2. The van der Waals surface area contributed by atoms with Crippen LogP contribution in [0.1, 0.15) is 45.1 Å². The minimum atomic E-state index is -0.766. The number of halogens is 1. The molecule has 3 heterocycles. The van der Waals surface area contributed by atoms with Gasteiger partial charge in [0.1, 0.15) is 5.54 Å². The van der Waals surface area contributed by atoms with Crippen molar-refractivity contribution in [2.24, 2.45) is 11.8 Å². The van der Waals surface area contributed by atoms with Gasteiger partial charge in [-0.2, -0.15) is 5.10 Å². The van der Waals surface area contributed by atoms with Gasteiger partial charge in [-0.25, -0.2) is 4.79 Å². The minimum absolute atomic E-state index is 0.147. The average Bonchev–Trinajstić information content (AvgIpc) is 3.31. The molecule has 31 heavy (non-hydrogen) atoms. The number of benzene rings is 1. The van der Waals surface area contributed by atoms with E-state index in [4.69, 9.17) is 11.6 Å². The zero-order valence-corrected chi connectivity index (χ0v) is 18.8. The Kier molecular flexibility index (Phi) is 6.34. The van der Waals surface area contributed by atoms with Crippen molar-refractivity contribution < 1.29 is 9.59 Å². The van der Waals surface area contributed by atoms with Gasteiger partial charge in [0.2, 0.25) is 0 Å². The van der Waals surface area contributed by atoms with Crippen molar-refractivity contribution in [3.8, 4) is 11.3 Å². The van der Waals surface area contributed by atoms with Crippen LogP contribution in [0, 0.1) is 11.8 Å².